The van der Waals surface area contributed by atoms with Gasteiger partial charge >= 0.3 is 5.97 Å². The molecule has 1 amide bonds. The molecule has 0 radical (unpaired) electrons. The van der Waals surface area contributed by atoms with Crippen molar-refractivity contribution in [2.24, 2.45) is 5.41 Å². The van der Waals surface area contributed by atoms with Crippen molar-refractivity contribution in [2.75, 3.05) is 7.11 Å². The van der Waals surface area contributed by atoms with Gasteiger partial charge in [-0.1, -0.05) is 26.8 Å². The summed E-state index contributed by atoms with van der Waals surface area (Å²) in [4.78, 5) is 22.8. The number of amides is 1. The van der Waals surface area contributed by atoms with E-state index >= 15 is 0 Å². The molecule has 0 saturated carbocycles. The third-order valence-corrected chi connectivity index (χ3v) is 1.91. The van der Waals surface area contributed by atoms with Crippen molar-refractivity contribution in [3.05, 3.63) is 12.2 Å². The van der Waals surface area contributed by atoms with Crippen LogP contribution in [0.3, 0.4) is 0 Å². The third-order valence-electron chi connectivity index (χ3n) is 1.91. The summed E-state index contributed by atoms with van der Waals surface area (Å²) in [5, 5.41) is 2.61. The summed E-state index contributed by atoms with van der Waals surface area (Å²) < 4.78 is 4.64. The van der Waals surface area contributed by atoms with Gasteiger partial charge in [-0.3, -0.25) is 4.79 Å². The normalized spacial score (nSPS) is 13.7. The SMILES string of the molecule is CC=CC(=O)NC(C(=O)OC)C(C)(C)C. The van der Waals surface area contributed by atoms with Crippen LogP contribution in [0.5, 0.6) is 0 Å². The number of methoxy groups -OCH3 is 1. The van der Waals surface area contributed by atoms with Gasteiger partial charge in [0.1, 0.15) is 6.04 Å². The van der Waals surface area contributed by atoms with Gasteiger partial charge in [0.15, 0.2) is 0 Å². The minimum Gasteiger partial charge on any atom is -0.467 e. The van der Waals surface area contributed by atoms with Crippen molar-refractivity contribution in [1.29, 1.82) is 0 Å². The number of nitrogens with one attached hydrogen (secondary N) is 1. The van der Waals surface area contributed by atoms with Gasteiger partial charge in [0.2, 0.25) is 5.91 Å². The van der Waals surface area contributed by atoms with Crippen LogP contribution in [0.25, 0.3) is 0 Å². The fourth-order valence-electron chi connectivity index (χ4n) is 1.09. The van der Waals surface area contributed by atoms with E-state index in [1.54, 1.807) is 13.0 Å². The van der Waals surface area contributed by atoms with E-state index < -0.39 is 12.0 Å². The number of carbonyl (C=O) groups excluding carboxylic acids is 2. The van der Waals surface area contributed by atoms with Crippen molar-refractivity contribution in [1.82, 2.24) is 5.32 Å². The summed E-state index contributed by atoms with van der Waals surface area (Å²) in [6, 6.07) is -0.633. The molecule has 1 unspecified atom stereocenters. The van der Waals surface area contributed by atoms with Crippen molar-refractivity contribution >= 4 is 11.9 Å². The lowest BCUT2D eigenvalue weighted by molar-refractivity contribution is -0.147. The van der Waals surface area contributed by atoms with Crippen molar-refractivity contribution in [2.45, 2.75) is 33.7 Å². The average Bonchev–Trinajstić information content (AvgIpc) is 2.12. The Labute approximate surface area is 90.7 Å². The maximum atomic E-state index is 11.4. The maximum absolute atomic E-state index is 11.4. The Balaban J connectivity index is 4.67. The number of ether oxygens (including phenoxy) is 1. The first-order chi connectivity index (χ1) is 6.82. The highest BCUT2D eigenvalue weighted by molar-refractivity contribution is 5.91. The number of esters is 1. The minimum atomic E-state index is -0.633. The van der Waals surface area contributed by atoms with E-state index in [0.29, 0.717) is 0 Å². The summed E-state index contributed by atoms with van der Waals surface area (Å²) >= 11 is 0. The van der Waals surface area contributed by atoms with E-state index in [9.17, 15) is 9.59 Å². The van der Waals surface area contributed by atoms with Crippen LogP contribution in [-0.4, -0.2) is 25.0 Å². The Kier molecular flexibility index (Phi) is 5.05. The Hall–Kier alpha value is -1.32. The average molecular weight is 213 g/mol. The molecule has 0 rings (SSSR count). The van der Waals surface area contributed by atoms with Gasteiger partial charge in [-0.15, -0.1) is 0 Å². The lowest BCUT2D eigenvalue weighted by atomic mass is 9.86. The second-order valence-corrected chi connectivity index (χ2v) is 4.33. The first-order valence-electron chi connectivity index (χ1n) is 4.84. The molecule has 0 aliphatic heterocycles. The van der Waals surface area contributed by atoms with Crippen LogP contribution < -0.4 is 5.32 Å². The van der Waals surface area contributed by atoms with Gasteiger partial charge in [0, 0.05) is 0 Å². The van der Waals surface area contributed by atoms with Gasteiger partial charge in [-0.05, 0) is 18.4 Å². The lowest BCUT2D eigenvalue weighted by Crippen LogP contribution is -2.49. The highest BCUT2D eigenvalue weighted by Gasteiger charge is 2.32. The predicted octanol–water partition coefficient (Wildman–Crippen LogP) is 1.27. The molecule has 0 aromatic heterocycles. The molecule has 0 aromatic carbocycles. The van der Waals surface area contributed by atoms with Crippen LogP contribution in [-0.2, 0) is 14.3 Å². The van der Waals surface area contributed by atoms with E-state index in [0.717, 1.165) is 0 Å². The van der Waals surface area contributed by atoms with Crippen LogP contribution >= 0.6 is 0 Å². The van der Waals surface area contributed by atoms with Crippen LogP contribution in [0.15, 0.2) is 12.2 Å². The standard InChI is InChI=1S/C11H19NO3/c1-6-7-8(13)12-9(10(14)15-5)11(2,3)4/h6-7,9H,1-5H3,(H,12,13). The molecule has 0 bridgehead atoms. The second-order valence-electron chi connectivity index (χ2n) is 4.33. The predicted molar refractivity (Wildman–Crippen MR) is 58.2 cm³/mol. The van der Waals surface area contributed by atoms with Crippen molar-refractivity contribution in [3.63, 3.8) is 0 Å². The summed E-state index contributed by atoms with van der Waals surface area (Å²) in [6.07, 6.45) is 2.99. The van der Waals surface area contributed by atoms with E-state index in [1.807, 2.05) is 20.8 Å². The van der Waals surface area contributed by atoms with Gasteiger partial charge in [-0.2, -0.15) is 0 Å². The Morgan fingerprint density at radius 1 is 1.33 bits per heavy atom. The summed E-state index contributed by atoms with van der Waals surface area (Å²) in [6.45, 7) is 7.34. The summed E-state index contributed by atoms with van der Waals surface area (Å²) in [5.41, 5.74) is -0.371. The Bertz CT molecular complexity index is 263. The third kappa shape index (κ3) is 4.63. The second kappa shape index (κ2) is 5.53. The first kappa shape index (κ1) is 13.7. The number of hydrogen-bond donors (Lipinski definition) is 1. The fourth-order valence-corrected chi connectivity index (χ4v) is 1.09. The van der Waals surface area contributed by atoms with Crippen LogP contribution in [0, 0.1) is 5.41 Å². The zero-order valence-corrected chi connectivity index (χ0v) is 9.96. The monoisotopic (exact) mass is 213 g/mol. The lowest BCUT2D eigenvalue weighted by Gasteiger charge is -2.28. The van der Waals surface area contributed by atoms with Gasteiger partial charge < -0.3 is 10.1 Å². The molecule has 4 nitrogen and oxygen atoms in total. The molecule has 1 atom stereocenters. The van der Waals surface area contributed by atoms with Crippen molar-refractivity contribution in [3.8, 4) is 0 Å². The molecule has 15 heavy (non-hydrogen) atoms. The molecule has 0 aromatic rings. The molecule has 0 saturated heterocycles. The Morgan fingerprint density at radius 3 is 2.20 bits per heavy atom. The van der Waals surface area contributed by atoms with Gasteiger partial charge in [-0.25, -0.2) is 4.79 Å². The molecular formula is C11H19NO3. The first-order valence-corrected chi connectivity index (χ1v) is 4.84. The van der Waals surface area contributed by atoms with Gasteiger partial charge in [0.25, 0.3) is 0 Å². The van der Waals surface area contributed by atoms with E-state index in [4.69, 9.17) is 0 Å². The molecule has 1 N–H and O–H groups in total. The maximum Gasteiger partial charge on any atom is 0.328 e. The molecule has 86 valence electrons. The van der Waals surface area contributed by atoms with Gasteiger partial charge in [0.05, 0.1) is 7.11 Å². The number of hydrogen-bond acceptors (Lipinski definition) is 3. The van der Waals surface area contributed by atoms with Crippen molar-refractivity contribution < 1.29 is 14.3 Å². The quantitative estimate of drug-likeness (QED) is 0.567. The zero-order chi connectivity index (χ0) is 12.1. The summed E-state index contributed by atoms with van der Waals surface area (Å²) in [7, 11) is 1.31. The number of carbonyl (C=O) groups is 2. The zero-order valence-electron chi connectivity index (χ0n) is 9.96. The minimum absolute atomic E-state index is 0.289. The highest BCUT2D eigenvalue weighted by atomic mass is 16.5. The molecule has 0 aliphatic carbocycles. The molecule has 0 aliphatic rings. The largest absolute Gasteiger partial charge is 0.467 e. The molecule has 0 spiro atoms. The van der Waals surface area contributed by atoms with E-state index in [1.165, 1.54) is 13.2 Å². The molecule has 0 fully saturated rings. The van der Waals surface area contributed by atoms with E-state index in [2.05, 4.69) is 10.1 Å². The highest BCUT2D eigenvalue weighted by Crippen LogP contribution is 2.20. The number of allylic oxidation sites excluding steroid dienone is 1. The Morgan fingerprint density at radius 2 is 1.87 bits per heavy atom. The molecular weight excluding hydrogens is 194 g/mol. The van der Waals surface area contributed by atoms with Crippen LogP contribution in [0.2, 0.25) is 0 Å². The topological polar surface area (TPSA) is 55.4 Å². The molecule has 4 heteroatoms. The summed E-state index contributed by atoms with van der Waals surface area (Å²) in [5.74, 6) is -0.719. The number of rotatable bonds is 3. The van der Waals surface area contributed by atoms with Crippen LogP contribution in [0.4, 0.5) is 0 Å². The molecule has 0 heterocycles. The smallest absolute Gasteiger partial charge is 0.328 e. The van der Waals surface area contributed by atoms with Crippen LogP contribution in [0.1, 0.15) is 27.7 Å². The fraction of sp³-hybridized carbons (Fsp3) is 0.636. The van der Waals surface area contributed by atoms with E-state index in [-0.39, 0.29) is 11.3 Å².